The molecular weight excluding hydrogens is 268 g/mol. The van der Waals surface area contributed by atoms with Crippen LogP contribution in [0, 0.1) is 0 Å². The molecule has 1 N–H and O–H groups in total. The smallest absolute Gasteiger partial charge is 0.239 e. The number of nitrogens with one attached hydrogen (secondary N) is 1. The van der Waals surface area contributed by atoms with Crippen molar-refractivity contribution < 1.29 is 14.3 Å². The van der Waals surface area contributed by atoms with Crippen LogP contribution in [0.25, 0.3) is 0 Å². The van der Waals surface area contributed by atoms with Crippen molar-refractivity contribution in [3.63, 3.8) is 0 Å². The maximum absolute atomic E-state index is 11.9. The van der Waals surface area contributed by atoms with Gasteiger partial charge in [-0.2, -0.15) is 0 Å². The van der Waals surface area contributed by atoms with Crippen LogP contribution in [0.2, 0.25) is 0 Å². The number of hydrogen-bond donors (Lipinski definition) is 1. The molecule has 1 fully saturated rings. The molecule has 0 saturated heterocycles. The minimum atomic E-state index is -0.0920. The molecule has 2 rings (SSSR count). The molecule has 0 spiro atoms. The molecule has 0 atom stereocenters. The summed E-state index contributed by atoms with van der Waals surface area (Å²) in [6.07, 6.45) is 2.79. The van der Waals surface area contributed by atoms with Crippen molar-refractivity contribution in [2.24, 2.45) is 0 Å². The van der Waals surface area contributed by atoms with Gasteiger partial charge in [-0.15, -0.1) is 0 Å². The second kappa shape index (κ2) is 7.11. The highest BCUT2D eigenvalue weighted by Crippen LogP contribution is 2.26. The van der Waals surface area contributed by atoms with Crippen LogP contribution >= 0.6 is 0 Å². The van der Waals surface area contributed by atoms with Gasteiger partial charge in [0.1, 0.15) is 5.75 Å². The van der Waals surface area contributed by atoms with Crippen LogP contribution in [-0.4, -0.2) is 43.0 Å². The van der Waals surface area contributed by atoms with Gasteiger partial charge in [-0.3, -0.25) is 9.59 Å². The SMILES string of the molecule is COc1ccc(CCNC(=O)CN(C(C)=O)C2CC2)cc1. The number of nitrogens with zero attached hydrogens (tertiary/aromatic N) is 1. The first kappa shape index (κ1) is 15.4. The summed E-state index contributed by atoms with van der Waals surface area (Å²) in [5.41, 5.74) is 1.14. The standard InChI is InChI=1S/C16H22N2O3/c1-12(19)18(14-5-6-14)11-16(20)17-10-9-13-3-7-15(21-2)8-4-13/h3-4,7-8,14H,5-6,9-11H2,1-2H3,(H,17,20). The van der Waals surface area contributed by atoms with E-state index in [1.54, 1.807) is 12.0 Å². The lowest BCUT2D eigenvalue weighted by molar-refractivity contribution is -0.134. The van der Waals surface area contributed by atoms with Crippen LogP contribution in [0.1, 0.15) is 25.3 Å². The molecule has 0 heterocycles. The Kier molecular flexibility index (Phi) is 5.20. The van der Waals surface area contributed by atoms with Crippen molar-refractivity contribution in [3.8, 4) is 5.75 Å². The van der Waals surface area contributed by atoms with Crippen LogP contribution < -0.4 is 10.1 Å². The predicted molar refractivity (Wildman–Crippen MR) is 80.1 cm³/mol. The quantitative estimate of drug-likeness (QED) is 0.825. The van der Waals surface area contributed by atoms with Crippen LogP contribution in [-0.2, 0) is 16.0 Å². The Morgan fingerprint density at radius 2 is 1.95 bits per heavy atom. The zero-order valence-electron chi connectivity index (χ0n) is 12.6. The third-order valence-corrected chi connectivity index (χ3v) is 3.60. The average molecular weight is 290 g/mol. The van der Waals surface area contributed by atoms with Gasteiger partial charge in [0.2, 0.25) is 11.8 Å². The van der Waals surface area contributed by atoms with E-state index in [1.165, 1.54) is 6.92 Å². The van der Waals surface area contributed by atoms with Gasteiger partial charge in [0, 0.05) is 19.5 Å². The van der Waals surface area contributed by atoms with Crippen LogP contribution in [0.5, 0.6) is 5.75 Å². The fourth-order valence-corrected chi connectivity index (χ4v) is 2.23. The molecule has 1 aliphatic rings. The second-order valence-corrected chi connectivity index (χ2v) is 5.33. The Balaban J connectivity index is 1.71. The molecule has 0 aromatic heterocycles. The second-order valence-electron chi connectivity index (χ2n) is 5.33. The third-order valence-electron chi connectivity index (χ3n) is 3.60. The summed E-state index contributed by atoms with van der Waals surface area (Å²) in [5, 5.41) is 2.86. The highest BCUT2D eigenvalue weighted by atomic mass is 16.5. The lowest BCUT2D eigenvalue weighted by Crippen LogP contribution is -2.41. The molecule has 0 aliphatic heterocycles. The van der Waals surface area contributed by atoms with E-state index in [0.29, 0.717) is 6.54 Å². The summed E-state index contributed by atoms with van der Waals surface area (Å²) in [6.45, 7) is 2.26. The molecule has 1 aliphatic carbocycles. The molecule has 0 radical (unpaired) electrons. The molecule has 5 heteroatoms. The molecule has 0 bridgehead atoms. The van der Waals surface area contributed by atoms with E-state index in [0.717, 1.165) is 30.6 Å². The van der Waals surface area contributed by atoms with E-state index < -0.39 is 0 Å². The summed E-state index contributed by atoms with van der Waals surface area (Å²) < 4.78 is 5.10. The Bertz CT molecular complexity index is 495. The van der Waals surface area contributed by atoms with E-state index in [9.17, 15) is 9.59 Å². The first-order valence-corrected chi connectivity index (χ1v) is 7.27. The van der Waals surface area contributed by atoms with Crippen LogP contribution in [0.15, 0.2) is 24.3 Å². The number of carbonyl (C=O) groups excluding carboxylic acids is 2. The zero-order chi connectivity index (χ0) is 15.2. The number of benzene rings is 1. The van der Waals surface area contributed by atoms with Gasteiger partial charge in [-0.05, 0) is 37.0 Å². The minimum absolute atomic E-state index is 0.0252. The van der Waals surface area contributed by atoms with Crippen LogP contribution in [0.4, 0.5) is 0 Å². The van der Waals surface area contributed by atoms with E-state index in [2.05, 4.69) is 5.32 Å². The predicted octanol–water partition coefficient (Wildman–Crippen LogP) is 1.36. The number of amides is 2. The van der Waals surface area contributed by atoms with Gasteiger partial charge >= 0.3 is 0 Å². The van der Waals surface area contributed by atoms with Crippen molar-refractivity contribution >= 4 is 11.8 Å². The highest BCUT2D eigenvalue weighted by Gasteiger charge is 2.31. The lowest BCUT2D eigenvalue weighted by Gasteiger charge is -2.19. The van der Waals surface area contributed by atoms with E-state index >= 15 is 0 Å². The molecule has 1 aromatic carbocycles. The number of ether oxygens (including phenoxy) is 1. The summed E-state index contributed by atoms with van der Waals surface area (Å²) in [4.78, 5) is 25.0. The van der Waals surface area contributed by atoms with Gasteiger partial charge in [-0.1, -0.05) is 12.1 Å². The van der Waals surface area contributed by atoms with E-state index in [1.807, 2.05) is 24.3 Å². The maximum Gasteiger partial charge on any atom is 0.239 e. The molecule has 1 saturated carbocycles. The van der Waals surface area contributed by atoms with Gasteiger partial charge in [0.15, 0.2) is 0 Å². The Morgan fingerprint density at radius 3 is 2.48 bits per heavy atom. The molecule has 114 valence electrons. The molecule has 1 aromatic rings. The van der Waals surface area contributed by atoms with Gasteiger partial charge in [0.25, 0.3) is 0 Å². The Morgan fingerprint density at radius 1 is 1.29 bits per heavy atom. The van der Waals surface area contributed by atoms with Gasteiger partial charge < -0.3 is 15.0 Å². The normalized spacial score (nSPS) is 13.6. The summed E-state index contributed by atoms with van der Waals surface area (Å²) in [7, 11) is 1.63. The Labute approximate surface area is 125 Å². The number of carbonyl (C=O) groups is 2. The summed E-state index contributed by atoms with van der Waals surface area (Å²) in [6, 6.07) is 8.05. The van der Waals surface area contributed by atoms with Gasteiger partial charge in [0.05, 0.1) is 13.7 Å². The first-order valence-electron chi connectivity index (χ1n) is 7.27. The minimum Gasteiger partial charge on any atom is -0.497 e. The topological polar surface area (TPSA) is 58.6 Å². The molecule has 5 nitrogen and oxygen atoms in total. The fourth-order valence-electron chi connectivity index (χ4n) is 2.23. The molecule has 0 unspecified atom stereocenters. The molecule has 21 heavy (non-hydrogen) atoms. The van der Waals surface area contributed by atoms with Crippen molar-refractivity contribution in [1.82, 2.24) is 10.2 Å². The van der Waals surface area contributed by atoms with E-state index in [-0.39, 0.29) is 24.4 Å². The first-order chi connectivity index (χ1) is 10.1. The third kappa shape index (κ3) is 4.77. The zero-order valence-corrected chi connectivity index (χ0v) is 12.6. The average Bonchev–Trinajstić information content (AvgIpc) is 3.30. The largest absolute Gasteiger partial charge is 0.497 e. The number of rotatable bonds is 7. The lowest BCUT2D eigenvalue weighted by atomic mass is 10.1. The summed E-state index contributed by atoms with van der Waals surface area (Å²) >= 11 is 0. The highest BCUT2D eigenvalue weighted by molar-refractivity contribution is 5.84. The summed E-state index contributed by atoms with van der Waals surface area (Å²) in [5.74, 6) is 0.706. The van der Waals surface area contributed by atoms with Crippen LogP contribution in [0.3, 0.4) is 0 Å². The number of methoxy groups -OCH3 is 1. The Hall–Kier alpha value is -2.04. The van der Waals surface area contributed by atoms with Crippen molar-refractivity contribution in [3.05, 3.63) is 29.8 Å². The number of hydrogen-bond acceptors (Lipinski definition) is 3. The van der Waals surface area contributed by atoms with Gasteiger partial charge in [-0.25, -0.2) is 0 Å². The fraction of sp³-hybridized carbons (Fsp3) is 0.500. The van der Waals surface area contributed by atoms with Crippen molar-refractivity contribution in [2.45, 2.75) is 32.2 Å². The monoisotopic (exact) mass is 290 g/mol. The maximum atomic E-state index is 11.9. The van der Waals surface area contributed by atoms with E-state index in [4.69, 9.17) is 4.74 Å². The van der Waals surface area contributed by atoms with Crippen molar-refractivity contribution in [2.75, 3.05) is 20.2 Å². The van der Waals surface area contributed by atoms with Crippen molar-refractivity contribution in [1.29, 1.82) is 0 Å². The molecular formula is C16H22N2O3. The molecule has 2 amide bonds.